The molecule has 0 spiro atoms. The first-order valence-corrected chi connectivity index (χ1v) is 10.3. The molecule has 148 valence electrons. The highest BCUT2D eigenvalue weighted by Crippen LogP contribution is 2.36. The summed E-state index contributed by atoms with van der Waals surface area (Å²) in [6.45, 7) is 0. The van der Waals surface area contributed by atoms with Crippen molar-refractivity contribution in [3.05, 3.63) is 36.7 Å². The number of aromatic amines is 1. The number of fused-ring (bicyclic) bond motifs is 1. The van der Waals surface area contributed by atoms with E-state index >= 15 is 0 Å². The summed E-state index contributed by atoms with van der Waals surface area (Å²) in [5.41, 5.74) is 3.43. The number of nitrogens with one attached hydrogen (secondary N) is 1. The first kappa shape index (κ1) is 18.0. The first-order chi connectivity index (χ1) is 14.1. The van der Waals surface area contributed by atoms with Crippen molar-refractivity contribution < 1.29 is 9.50 Å². The SMILES string of the molecule is CN(c1nc2nnc(-c3ccc(-c4cn[nH]c4)cc3O)cc2s1)[C@H]1CCC[C@@H]1F. The molecule has 1 fully saturated rings. The molecule has 0 saturated heterocycles. The fourth-order valence-electron chi connectivity index (χ4n) is 3.82. The third kappa shape index (κ3) is 3.21. The Kier molecular flexibility index (Phi) is 4.39. The van der Waals surface area contributed by atoms with E-state index in [1.165, 1.54) is 11.3 Å². The van der Waals surface area contributed by atoms with Crippen LogP contribution in [0, 0.1) is 0 Å². The number of H-pyrrole nitrogens is 1. The average molecular weight is 410 g/mol. The molecule has 1 aliphatic carbocycles. The van der Waals surface area contributed by atoms with E-state index < -0.39 is 6.17 Å². The molecule has 0 aliphatic heterocycles. The Balaban J connectivity index is 1.47. The van der Waals surface area contributed by atoms with Crippen LogP contribution in [0.3, 0.4) is 0 Å². The highest BCUT2D eigenvalue weighted by molar-refractivity contribution is 7.22. The number of benzene rings is 1. The van der Waals surface area contributed by atoms with Gasteiger partial charge in [0, 0.05) is 24.4 Å². The topological polar surface area (TPSA) is 90.8 Å². The van der Waals surface area contributed by atoms with Crippen molar-refractivity contribution in [2.24, 2.45) is 0 Å². The highest BCUT2D eigenvalue weighted by atomic mass is 32.1. The average Bonchev–Trinajstić information content (AvgIpc) is 3.47. The molecule has 5 rings (SSSR count). The molecule has 2 N–H and O–H groups in total. The first-order valence-electron chi connectivity index (χ1n) is 9.44. The van der Waals surface area contributed by atoms with Crippen LogP contribution in [0.2, 0.25) is 0 Å². The minimum atomic E-state index is -0.820. The number of alkyl halides is 1. The molecule has 1 aromatic carbocycles. The molecular formula is C20H19FN6OS. The largest absolute Gasteiger partial charge is 0.507 e. The molecular weight excluding hydrogens is 391 g/mol. The molecule has 1 aliphatic rings. The van der Waals surface area contributed by atoms with E-state index in [2.05, 4.69) is 25.4 Å². The third-order valence-corrected chi connectivity index (χ3v) is 6.53. The van der Waals surface area contributed by atoms with Crippen LogP contribution in [0.15, 0.2) is 36.7 Å². The van der Waals surface area contributed by atoms with Crippen LogP contribution in [0.5, 0.6) is 5.75 Å². The second-order valence-corrected chi connectivity index (χ2v) is 8.27. The highest BCUT2D eigenvalue weighted by Gasteiger charge is 2.31. The van der Waals surface area contributed by atoms with Crippen molar-refractivity contribution >= 4 is 26.8 Å². The zero-order valence-corrected chi connectivity index (χ0v) is 16.5. The van der Waals surface area contributed by atoms with Crippen molar-refractivity contribution in [3.63, 3.8) is 0 Å². The molecule has 0 bridgehead atoms. The van der Waals surface area contributed by atoms with Crippen LogP contribution in [-0.2, 0) is 0 Å². The van der Waals surface area contributed by atoms with Gasteiger partial charge in [-0.05, 0) is 43.0 Å². The summed E-state index contributed by atoms with van der Waals surface area (Å²) in [4.78, 5) is 6.45. The van der Waals surface area contributed by atoms with Gasteiger partial charge < -0.3 is 10.0 Å². The number of aromatic nitrogens is 5. The minimum absolute atomic E-state index is 0.116. The number of halogens is 1. The quantitative estimate of drug-likeness (QED) is 0.525. The van der Waals surface area contributed by atoms with E-state index in [1.807, 2.05) is 30.1 Å². The van der Waals surface area contributed by atoms with E-state index in [0.29, 0.717) is 23.3 Å². The van der Waals surface area contributed by atoms with E-state index in [0.717, 1.165) is 33.8 Å². The summed E-state index contributed by atoms with van der Waals surface area (Å²) in [6.07, 6.45) is 4.99. The predicted molar refractivity (Wildman–Crippen MR) is 111 cm³/mol. The smallest absolute Gasteiger partial charge is 0.194 e. The van der Waals surface area contributed by atoms with Gasteiger partial charge >= 0.3 is 0 Å². The van der Waals surface area contributed by atoms with E-state index in [1.54, 1.807) is 18.5 Å². The number of hydrogen-bond acceptors (Lipinski definition) is 7. The van der Waals surface area contributed by atoms with Crippen LogP contribution in [-0.4, -0.2) is 49.7 Å². The van der Waals surface area contributed by atoms with Crippen LogP contribution >= 0.6 is 11.3 Å². The minimum Gasteiger partial charge on any atom is -0.507 e. The number of anilines is 1. The second kappa shape index (κ2) is 7.07. The van der Waals surface area contributed by atoms with E-state index in [4.69, 9.17) is 0 Å². The van der Waals surface area contributed by atoms with Crippen molar-refractivity contribution in [2.75, 3.05) is 11.9 Å². The molecule has 3 heterocycles. The van der Waals surface area contributed by atoms with Gasteiger partial charge in [0.2, 0.25) is 0 Å². The fourth-order valence-corrected chi connectivity index (χ4v) is 4.78. The van der Waals surface area contributed by atoms with Crippen molar-refractivity contribution in [1.29, 1.82) is 0 Å². The summed E-state index contributed by atoms with van der Waals surface area (Å²) >= 11 is 1.46. The van der Waals surface area contributed by atoms with Crippen LogP contribution in [0.4, 0.5) is 9.52 Å². The number of rotatable bonds is 4. The lowest BCUT2D eigenvalue weighted by Gasteiger charge is -2.25. The molecule has 2 atom stereocenters. The van der Waals surface area contributed by atoms with Crippen molar-refractivity contribution in [1.82, 2.24) is 25.4 Å². The van der Waals surface area contributed by atoms with Gasteiger partial charge in [0.1, 0.15) is 11.9 Å². The van der Waals surface area contributed by atoms with Gasteiger partial charge in [-0.3, -0.25) is 5.10 Å². The Hall–Kier alpha value is -3.07. The number of phenolic OH excluding ortho intramolecular Hbond substituents is 1. The molecule has 3 aromatic heterocycles. The summed E-state index contributed by atoms with van der Waals surface area (Å²) in [5, 5.41) is 26.4. The lowest BCUT2D eigenvalue weighted by molar-refractivity contribution is 0.307. The molecule has 0 unspecified atom stereocenters. The lowest BCUT2D eigenvalue weighted by Crippen LogP contribution is -2.35. The number of aromatic hydroxyl groups is 1. The maximum atomic E-state index is 14.1. The monoisotopic (exact) mass is 410 g/mol. The van der Waals surface area contributed by atoms with Gasteiger partial charge in [-0.1, -0.05) is 17.4 Å². The summed E-state index contributed by atoms with van der Waals surface area (Å²) in [7, 11) is 1.88. The summed E-state index contributed by atoms with van der Waals surface area (Å²) in [5.74, 6) is 0.116. The normalized spacial score (nSPS) is 19.1. The molecule has 0 radical (unpaired) electrons. The van der Waals surface area contributed by atoms with Crippen molar-refractivity contribution in [2.45, 2.75) is 31.5 Å². The Morgan fingerprint density at radius 1 is 1.21 bits per heavy atom. The number of phenols is 1. The Morgan fingerprint density at radius 2 is 2.10 bits per heavy atom. The van der Waals surface area contributed by atoms with Gasteiger partial charge in [-0.15, -0.1) is 10.2 Å². The van der Waals surface area contributed by atoms with Gasteiger partial charge in [0.15, 0.2) is 10.8 Å². The Morgan fingerprint density at radius 3 is 2.83 bits per heavy atom. The zero-order chi connectivity index (χ0) is 20.0. The van der Waals surface area contributed by atoms with Gasteiger partial charge in [0.05, 0.1) is 22.6 Å². The molecule has 1 saturated carbocycles. The number of thiazole rings is 1. The maximum Gasteiger partial charge on any atom is 0.194 e. The molecule has 4 aromatic rings. The van der Waals surface area contributed by atoms with Crippen LogP contribution in [0.1, 0.15) is 19.3 Å². The van der Waals surface area contributed by atoms with Crippen LogP contribution < -0.4 is 4.90 Å². The molecule has 9 heteroatoms. The van der Waals surface area contributed by atoms with Gasteiger partial charge in [0.25, 0.3) is 0 Å². The van der Waals surface area contributed by atoms with Gasteiger partial charge in [-0.25, -0.2) is 4.39 Å². The standard InChI is InChI=1S/C20H19FN6OS/c1-27(16-4-2-3-14(16)21)20-24-19-18(29-20)8-15(25-26-19)13-6-5-11(7-17(13)28)12-9-22-23-10-12/h5-10,14,16,28H,2-4H2,1H3,(H,22,23)/t14-,16-/m0/s1. The maximum absolute atomic E-state index is 14.1. The summed E-state index contributed by atoms with van der Waals surface area (Å²) in [6, 6.07) is 7.13. The van der Waals surface area contributed by atoms with Crippen molar-refractivity contribution in [3.8, 4) is 28.1 Å². The summed E-state index contributed by atoms with van der Waals surface area (Å²) < 4.78 is 15.0. The second-order valence-electron chi connectivity index (χ2n) is 7.26. The third-order valence-electron chi connectivity index (χ3n) is 5.45. The fraction of sp³-hybridized carbons (Fsp3) is 0.300. The molecule has 0 amide bonds. The zero-order valence-electron chi connectivity index (χ0n) is 15.7. The van der Waals surface area contributed by atoms with Gasteiger partial charge in [-0.2, -0.15) is 10.1 Å². The predicted octanol–water partition coefficient (Wildman–Crippen LogP) is 4.18. The Labute approximate surface area is 170 Å². The lowest BCUT2D eigenvalue weighted by atomic mass is 10.0. The Bertz CT molecular complexity index is 1160. The van der Waals surface area contributed by atoms with E-state index in [9.17, 15) is 9.50 Å². The number of nitrogens with zero attached hydrogens (tertiary/aromatic N) is 5. The molecule has 7 nitrogen and oxygen atoms in total. The molecule has 29 heavy (non-hydrogen) atoms. The number of hydrogen-bond donors (Lipinski definition) is 2. The van der Waals surface area contributed by atoms with Crippen LogP contribution in [0.25, 0.3) is 32.7 Å². The van der Waals surface area contributed by atoms with E-state index in [-0.39, 0.29) is 11.8 Å².